The molecular weight excluding hydrogens is 284 g/mol. The van der Waals surface area contributed by atoms with Gasteiger partial charge in [0.1, 0.15) is 10.7 Å². The summed E-state index contributed by atoms with van der Waals surface area (Å²) in [5, 5.41) is 0. The van der Waals surface area contributed by atoms with Gasteiger partial charge in [0.15, 0.2) is 9.84 Å². The van der Waals surface area contributed by atoms with Gasteiger partial charge in [-0.25, -0.2) is 13.4 Å². The smallest absolute Gasteiger partial charge is 0.179 e. The van der Waals surface area contributed by atoms with Crippen molar-refractivity contribution in [3.63, 3.8) is 0 Å². The standard InChI is InChI=1S/C16H18N2O2S/c1-21(19,20)15-9-4-10-17-16(15)18-11-5-8-13-6-2-3-7-14(13)12-18/h2-4,6-7,9-10H,5,8,11-12H2,1H3. The number of hydrogen-bond donors (Lipinski definition) is 0. The highest BCUT2D eigenvalue weighted by atomic mass is 32.2. The largest absolute Gasteiger partial charge is 0.351 e. The molecule has 5 heteroatoms. The highest BCUT2D eigenvalue weighted by Crippen LogP contribution is 2.27. The van der Waals surface area contributed by atoms with Crippen molar-refractivity contribution < 1.29 is 8.42 Å². The van der Waals surface area contributed by atoms with Gasteiger partial charge in [-0.2, -0.15) is 0 Å². The van der Waals surface area contributed by atoms with E-state index in [9.17, 15) is 8.42 Å². The van der Waals surface area contributed by atoms with E-state index in [2.05, 4.69) is 28.1 Å². The van der Waals surface area contributed by atoms with Gasteiger partial charge in [-0.15, -0.1) is 0 Å². The molecule has 2 aromatic rings. The number of benzene rings is 1. The van der Waals surface area contributed by atoms with Crippen molar-refractivity contribution in [2.24, 2.45) is 0 Å². The van der Waals surface area contributed by atoms with Crippen molar-refractivity contribution >= 4 is 15.7 Å². The lowest BCUT2D eigenvalue weighted by Gasteiger charge is -2.23. The van der Waals surface area contributed by atoms with E-state index in [1.54, 1.807) is 18.3 Å². The van der Waals surface area contributed by atoms with Crippen molar-refractivity contribution in [1.82, 2.24) is 4.98 Å². The maximum Gasteiger partial charge on any atom is 0.179 e. The van der Waals surface area contributed by atoms with Gasteiger partial charge in [-0.3, -0.25) is 0 Å². The second-order valence-electron chi connectivity index (χ2n) is 5.39. The molecule has 3 rings (SSSR count). The summed E-state index contributed by atoms with van der Waals surface area (Å²) in [6.07, 6.45) is 4.91. The Bertz CT molecular complexity index is 756. The zero-order chi connectivity index (χ0) is 14.9. The number of pyridine rings is 1. The normalized spacial score (nSPS) is 15.4. The maximum atomic E-state index is 12.0. The average Bonchev–Trinajstić information content (AvgIpc) is 2.68. The maximum absolute atomic E-state index is 12.0. The number of rotatable bonds is 2. The number of sulfone groups is 1. The van der Waals surface area contributed by atoms with Gasteiger partial charge in [0.2, 0.25) is 0 Å². The van der Waals surface area contributed by atoms with E-state index in [1.165, 1.54) is 17.4 Å². The van der Waals surface area contributed by atoms with Gasteiger partial charge < -0.3 is 4.90 Å². The Kier molecular flexibility index (Phi) is 3.68. The minimum absolute atomic E-state index is 0.310. The molecule has 0 saturated carbocycles. The molecule has 21 heavy (non-hydrogen) atoms. The summed E-state index contributed by atoms with van der Waals surface area (Å²) >= 11 is 0. The first-order valence-electron chi connectivity index (χ1n) is 7.02. The molecule has 1 aromatic carbocycles. The molecule has 4 nitrogen and oxygen atoms in total. The van der Waals surface area contributed by atoms with Gasteiger partial charge in [-0.05, 0) is 36.1 Å². The van der Waals surface area contributed by atoms with E-state index >= 15 is 0 Å². The quantitative estimate of drug-likeness (QED) is 0.855. The van der Waals surface area contributed by atoms with Crippen LogP contribution < -0.4 is 4.90 Å². The summed E-state index contributed by atoms with van der Waals surface area (Å²) in [5.74, 6) is 0.566. The lowest BCUT2D eigenvalue weighted by molar-refractivity contribution is 0.600. The van der Waals surface area contributed by atoms with Crippen LogP contribution in [0.25, 0.3) is 0 Å². The first kappa shape index (κ1) is 14.1. The molecule has 0 amide bonds. The van der Waals surface area contributed by atoms with Crippen LogP contribution in [0, 0.1) is 0 Å². The van der Waals surface area contributed by atoms with E-state index < -0.39 is 9.84 Å². The molecule has 0 spiro atoms. The molecule has 0 fully saturated rings. The second kappa shape index (κ2) is 5.48. The molecule has 0 bridgehead atoms. The minimum atomic E-state index is -3.28. The lowest BCUT2D eigenvalue weighted by atomic mass is 10.0. The molecular formula is C16H18N2O2S. The Labute approximate surface area is 125 Å². The second-order valence-corrected chi connectivity index (χ2v) is 7.38. The molecule has 0 radical (unpaired) electrons. The summed E-state index contributed by atoms with van der Waals surface area (Å²) in [5.41, 5.74) is 2.59. The number of nitrogens with zero attached hydrogens (tertiary/aromatic N) is 2. The van der Waals surface area contributed by atoms with Crippen LogP contribution in [0.4, 0.5) is 5.82 Å². The number of aromatic nitrogens is 1. The summed E-state index contributed by atoms with van der Waals surface area (Å²) in [6.45, 7) is 1.52. The molecule has 1 aliphatic rings. The first-order valence-corrected chi connectivity index (χ1v) is 8.91. The Morgan fingerprint density at radius 3 is 2.62 bits per heavy atom. The van der Waals surface area contributed by atoms with Crippen LogP contribution >= 0.6 is 0 Å². The van der Waals surface area contributed by atoms with Crippen LogP contribution in [-0.4, -0.2) is 26.2 Å². The SMILES string of the molecule is CS(=O)(=O)c1cccnc1N1CCCc2ccccc2C1. The molecule has 0 unspecified atom stereocenters. The third kappa shape index (κ3) is 2.93. The van der Waals surface area contributed by atoms with Crippen LogP contribution in [0.3, 0.4) is 0 Å². The predicted molar refractivity (Wildman–Crippen MR) is 83.2 cm³/mol. The van der Waals surface area contributed by atoms with E-state index in [4.69, 9.17) is 0 Å². The monoisotopic (exact) mass is 302 g/mol. The van der Waals surface area contributed by atoms with Crippen molar-refractivity contribution in [1.29, 1.82) is 0 Å². The fraction of sp³-hybridized carbons (Fsp3) is 0.312. The zero-order valence-corrected chi connectivity index (χ0v) is 12.8. The number of hydrogen-bond acceptors (Lipinski definition) is 4. The zero-order valence-electron chi connectivity index (χ0n) is 12.0. The third-order valence-corrected chi connectivity index (χ3v) is 4.92. The van der Waals surface area contributed by atoms with Crippen LogP contribution in [0.1, 0.15) is 17.5 Å². The van der Waals surface area contributed by atoms with E-state index in [-0.39, 0.29) is 0 Å². The fourth-order valence-corrected chi connectivity index (χ4v) is 3.63. The van der Waals surface area contributed by atoms with Crippen molar-refractivity contribution in [3.8, 4) is 0 Å². The Hall–Kier alpha value is -1.88. The highest BCUT2D eigenvalue weighted by Gasteiger charge is 2.21. The molecule has 0 saturated heterocycles. The Morgan fingerprint density at radius 2 is 1.86 bits per heavy atom. The van der Waals surface area contributed by atoms with Crippen molar-refractivity contribution in [2.45, 2.75) is 24.3 Å². The van der Waals surface area contributed by atoms with Gasteiger partial charge in [0.05, 0.1) is 0 Å². The topological polar surface area (TPSA) is 50.3 Å². The molecule has 1 aliphatic heterocycles. The van der Waals surface area contributed by atoms with Crippen LogP contribution in [0.15, 0.2) is 47.5 Å². The fourth-order valence-electron chi connectivity index (χ4n) is 2.79. The summed E-state index contributed by atoms with van der Waals surface area (Å²) in [4.78, 5) is 6.71. The molecule has 2 heterocycles. The van der Waals surface area contributed by atoms with E-state index in [0.717, 1.165) is 19.4 Å². The summed E-state index contributed by atoms with van der Waals surface area (Å²) < 4.78 is 23.9. The van der Waals surface area contributed by atoms with Crippen LogP contribution in [0.2, 0.25) is 0 Å². The number of fused-ring (bicyclic) bond motifs is 1. The first-order chi connectivity index (χ1) is 10.1. The summed E-state index contributed by atoms with van der Waals surface area (Å²) in [7, 11) is -3.28. The van der Waals surface area contributed by atoms with Crippen molar-refractivity contribution in [3.05, 3.63) is 53.7 Å². The molecule has 110 valence electrons. The van der Waals surface area contributed by atoms with Gasteiger partial charge >= 0.3 is 0 Å². The average molecular weight is 302 g/mol. The van der Waals surface area contributed by atoms with Crippen molar-refractivity contribution in [2.75, 3.05) is 17.7 Å². The molecule has 0 aliphatic carbocycles. The van der Waals surface area contributed by atoms with Crippen LogP contribution in [0.5, 0.6) is 0 Å². The minimum Gasteiger partial charge on any atom is -0.351 e. The van der Waals surface area contributed by atoms with E-state index in [1.807, 2.05) is 6.07 Å². The lowest BCUT2D eigenvalue weighted by Crippen LogP contribution is -2.25. The molecule has 1 aromatic heterocycles. The Morgan fingerprint density at radius 1 is 1.10 bits per heavy atom. The van der Waals surface area contributed by atoms with E-state index in [0.29, 0.717) is 17.3 Å². The third-order valence-electron chi connectivity index (χ3n) is 3.80. The summed E-state index contributed by atoms with van der Waals surface area (Å²) in [6, 6.07) is 11.6. The van der Waals surface area contributed by atoms with Crippen LogP contribution in [-0.2, 0) is 22.8 Å². The molecule has 0 N–H and O–H groups in total. The molecule has 0 atom stereocenters. The predicted octanol–water partition coefficient (Wildman–Crippen LogP) is 2.44. The van der Waals surface area contributed by atoms with Gasteiger partial charge in [0.25, 0.3) is 0 Å². The van der Waals surface area contributed by atoms with Gasteiger partial charge in [0, 0.05) is 25.5 Å². The number of aryl methyl sites for hydroxylation is 1. The number of anilines is 1. The Balaban J connectivity index is 2.03. The highest BCUT2D eigenvalue weighted by molar-refractivity contribution is 7.90. The van der Waals surface area contributed by atoms with Gasteiger partial charge in [-0.1, -0.05) is 24.3 Å².